The number of hydrogen-bond acceptors (Lipinski definition) is 1. The van der Waals surface area contributed by atoms with Gasteiger partial charge < -0.3 is 0 Å². The molecule has 0 aromatic heterocycles. The fourth-order valence-electron chi connectivity index (χ4n) is 0.889. The van der Waals surface area contributed by atoms with E-state index in [0.29, 0.717) is 0 Å². The van der Waals surface area contributed by atoms with Crippen LogP contribution in [0.4, 0.5) is 39.5 Å². The Morgan fingerprint density at radius 3 is 1.47 bits per heavy atom. The molecule has 0 radical (unpaired) electrons. The normalized spacial score (nSPS) is 39.4. The van der Waals surface area contributed by atoms with Gasteiger partial charge in [0.1, 0.15) is 0 Å². The van der Waals surface area contributed by atoms with Gasteiger partial charge in [-0.1, -0.05) is 0 Å². The molecule has 0 amide bonds. The Hall–Kier alpha value is -0.670. The van der Waals surface area contributed by atoms with E-state index < -0.39 is 30.2 Å². The van der Waals surface area contributed by atoms with Gasteiger partial charge in [0, 0.05) is 0 Å². The molecule has 2 unspecified atom stereocenters. The lowest BCUT2D eigenvalue weighted by atomic mass is 10.1. The summed E-state index contributed by atoms with van der Waals surface area (Å²) >= 11 is 0. The summed E-state index contributed by atoms with van der Waals surface area (Å²) in [5.74, 6) is -11.6. The number of alkyl halides is 9. The van der Waals surface area contributed by atoms with E-state index in [4.69, 9.17) is 0 Å². The van der Waals surface area contributed by atoms with Crippen molar-refractivity contribution in [3.8, 4) is 0 Å². The molecule has 0 saturated carbocycles. The van der Waals surface area contributed by atoms with Gasteiger partial charge in [0.25, 0.3) is 0 Å². The molecule has 15 heavy (non-hydrogen) atoms. The highest BCUT2D eigenvalue weighted by Crippen LogP contribution is 2.58. The predicted molar refractivity (Wildman–Crippen MR) is 25.8 cm³/mol. The quantitative estimate of drug-likeness (QED) is 0.599. The average Bonchev–Trinajstić information content (AvgIpc) is 2.09. The van der Waals surface area contributed by atoms with Gasteiger partial charge in [0.2, 0.25) is 6.17 Å². The molecule has 2 atom stereocenters. The molecule has 0 aliphatic carbocycles. The maximum absolute atomic E-state index is 12.5. The van der Waals surface area contributed by atoms with Crippen LogP contribution in [-0.4, -0.2) is 30.2 Å². The summed E-state index contributed by atoms with van der Waals surface area (Å²) in [6, 6.07) is 0. The van der Waals surface area contributed by atoms with Crippen LogP contribution >= 0.6 is 0 Å². The molecule has 0 N–H and O–H groups in total. The second-order valence-electron chi connectivity index (χ2n) is 2.75. The summed E-state index contributed by atoms with van der Waals surface area (Å²) in [5, 5.41) is 0. The first kappa shape index (κ1) is 12.4. The third kappa shape index (κ3) is 1.37. The topological polar surface area (TPSA) is 9.23 Å². The van der Waals surface area contributed by atoms with Crippen molar-refractivity contribution >= 4 is 0 Å². The van der Waals surface area contributed by atoms with Gasteiger partial charge in [-0.3, -0.25) is 4.74 Å². The van der Waals surface area contributed by atoms with Crippen molar-refractivity contribution in [2.24, 2.45) is 0 Å². The van der Waals surface area contributed by atoms with E-state index in [-0.39, 0.29) is 0 Å². The molecule has 0 aromatic carbocycles. The van der Waals surface area contributed by atoms with Gasteiger partial charge in [-0.05, 0) is 0 Å². The number of rotatable bonds is 0. The molecule has 1 nitrogen and oxygen atoms in total. The van der Waals surface area contributed by atoms with Crippen LogP contribution in [0, 0.1) is 0 Å². The molecule has 10 heteroatoms. The smallest absolute Gasteiger partial charge is 0.267 e. The highest BCUT2D eigenvalue weighted by Gasteiger charge is 2.86. The third-order valence-electron chi connectivity index (χ3n) is 1.70. The zero-order chi connectivity index (χ0) is 12.3. The minimum Gasteiger partial charge on any atom is -0.267 e. The van der Waals surface area contributed by atoms with Crippen molar-refractivity contribution in [3.63, 3.8) is 0 Å². The van der Waals surface area contributed by atoms with E-state index >= 15 is 0 Å². The Kier molecular flexibility index (Phi) is 2.24. The molecule has 0 spiro atoms. The second-order valence-corrected chi connectivity index (χ2v) is 2.75. The van der Waals surface area contributed by atoms with Crippen molar-refractivity contribution in [2.75, 3.05) is 0 Å². The summed E-state index contributed by atoms with van der Waals surface area (Å²) in [7, 11) is 0. The number of ether oxygens (including phenoxy) is 1. The molecule has 0 bridgehead atoms. The van der Waals surface area contributed by atoms with E-state index in [1.165, 1.54) is 0 Å². The maximum Gasteiger partial charge on any atom is 0.451 e. The van der Waals surface area contributed by atoms with E-state index in [2.05, 4.69) is 4.74 Å². The molecule has 1 saturated heterocycles. The Bertz CT molecular complexity index is 270. The number of halogens is 9. The first-order valence-electron chi connectivity index (χ1n) is 3.22. The predicted octanol–water partition coefficient (Wildman–Crippen LogP) is 2.81. The molecular formula is C5HF9O. The molecule has 1 aliphatic rings. The molecule has 1 fully saturated rings. The fraction of sp³-hybridized carbons (Fsp3) is 1.00. The van der Waals surface area contributed by atoms with Crippen molar-refractivity contribution in [1.29, 1.82) is 0 Å². The lowest BCUT2D eigenvalue weighted by molar-refractivity contribution is -0.393. The number of hydrogen-bond donors (Lipinski definition) is 0. The lowest BCUT2D eigenvalue weighted by Crippen LogP contribution is -2.50. The van der Waals surface area contributed by atoms with Gasteiger partial charge in [-0.15, -0.1) is 0 Å². The van der Waals surface area contributed by atoms with Gasteiger partial charge >= 0.3 is 24.1 Å². The Morgan fingerprint density at radius 2 is 1.33 bits per heavy atom. The van der Waals surface area contributed by atoms with Crippen LogP contribution in [0.5, 0.6) is 0 Å². The first-order chi connectivity index (χ1) is 6.36. The lowest BCUT2D eigenvalue weighted by Gasteiger charge is -2.23. The minimum absolute atomic E-state index is 2.18. The van der Waals surface area contributed by atoms with Gasteiger partial charge in [0.15, 0.2) is 0 Å². The Balaban J connectivity index is 3.21. The van der Waals surface area contributed by atoms with Crippen LogP contribution in [0.2, 0.25) is 0 Å². The Morgan fingerprint density at radius 1 is 0.933 bits per heavy atom. The van der Waals surface area contributed by atoms with Crippen LogP contribution in [0.1, 0.15) is 0 Å². The van der Waals surface area contributed by atoms with Crippen LogP contribution < -0.4 is 0 Å². The largest absolute Gasteiger partial charge is 0.451 e. The van der Waals surface area contributed by atoms with Crippen LogP contribution in [0.25, 0.3) is 0 Å². The molecule has 1 rings (SSSR count). The first-order valence-corrected chi connectivity index (χ1v) is 3.22. The van der Waals surface area contributed by atoms with E-state index in [1.807, 2.05) is 0 Å². The summed E-state index contributed by atoms with van der Waals surface area (Å²) in [6.45, 7) is 0. The van der Waals surface area contributed by atoms with E-state index in [0.717, 1.165) is 0 Å². The molecule has 0 aromatic rings. The molecule has 1 heterocycles. The maximum atomic E-state index is 12.5. The van der Waals surface area contributed by atoms with Crippen LogP contribution in [0.3, 0.4) is 0 Å². The fourth-order valence-corrected chi connectivity index (χ4v) is 0.889. The highest BCUT2D eigenvalue weighted by atomic mass is 19.4. The van der Waals surface area contributed by atoms with Gasteiger partial charge in [0.05, 0.1) is 0 Å². The third-order valence-corrected chi connectivity index (χ3v) is 1.70. The van der Waals surface area contributed by atoms with Crippen molar-refractivity contribution in [2.45, 2.75) is 30.2 Å². The summed E-state index contributed by atoms with van der Waals surface area (Å²) in [5.41, 5.74) is 0. The minimum atomic E-state index is -6.32. The van der Waals surface area contributed by atoms with Crippen molar-refractivity contribution < 1.29 is 44.3 Å². The second kappa shape index (κ2) is 2.71. The van der Waals surface area contributed by atoms with Crippen LogP contribution in [0.15, 0.2) is 0 Å². The Labute approximate surface area is 75.8 Å². The molecular weight excluding hydrogens is 247 g/mol. The SMILES string of the molecule is FC1C(F)(F)C(F)(F)OC1(F)C(F)(F)F. The summed E-state index contributed by atoms with van der Waals surface area (Å²) in [4.78, 5) is 0. The van der Waals surface area contributed by atoms with Crippen molar-refractivity contribution in [1.82, 2.24) is 0 Å². The van der Waals surface area contributed by atoms with Gasteiger partial charge in [-0.25, -0.2) is 4.39 Å². The standard InChI is InChI=1S/C5HF9O/c6-1-2(7,8)5(13,14)15-3(1,9)4(10,11)12/h1H. The van der Waals surface area contributed by atoms with Gasteiger partial charge in [-0.2, -0.15) is 35.1 Å². The molecule has 1 aliphatic heterocycles. The monoisotopic (exact) mass is 248 g/mol. The average molecular weight is 248 g/mol. The highest BCUT2D eigenvalue weighted by molar-refractivity contribution is 5.05. The summed E-state index contributed by atoms with van der Waals surface area (Å²) < 4.78 is 110. The zero-order valence-electron chi connectivity index (χ0n) is 6.39. The van der Waals surface area contributed by atoms with Crippen LogP contribution in [-0.2, 0) is 4.74 Å². The zero-order valence-corrected chi connectivity index (χ0v) is 6.39. The summed E-state index contributed by atoms with van der Waals surface area (Å²) in [6.07, 6.45) is -17.0. The van der Waals surface area contributed by atoms with E-state index in [9.17, 15) is 39.5 Å². The molecule has 90 valence electrons. The van der Waals surface area contributed by atoms with Crippen molar-refractivity contribution in [3.05, 3.63) is 0 Å². The van der Waals surface area contributed by atoms with E-state index in [1.54, 1.807) is 0 Å².